The molecule has 0 radical (unpaired) electrons. The van der Waals surface area contributed by atoms with Crippen LogP contribution in [0, 0.1) is 12.7 Å². The molecule has 0 saturated heterocycles. The highest BCUT2D eigenvalue weighted by Crippen LogP contribution is 2.25. The second kappa shape index (κ2) is 5.72. The van der Waals surface area contributed by atoms with Crippen LogP contribution in [0.1, 0.15) is 11.1 Å². The average Bonchev–Trinajstić information content (AvgIpc) is 2.33. The summed E-state index contributed by atoms with van der Waals surface area (Å²) in [5.74, 6) is -0.293. The monoisotopic (exact) mass is 327 g/mol. The Labute approximate surface area is 119 Å². The van der Waals surface area contributed by atoms with Crippen molar-refractivity contribution in [3.63, 3.8) is 0 Å². The molecule has 1 N–H and O–H groups in total. The lowest BCUT2D eigenvalue weighted by molar-refractivity contribution is 0.613. The first-order chi connectivity index (χ1) is 8.58. The number of benzene rings is 2. The highest BCUT2D eigenvalue weighted by Gasteiger charge is 2.07. The maximum Gasteiger partial charge on any atom is 0.129 e. The predicted octanol–water partition coefficient (Wildman–Crippen LogP) is 5.16. The molecular weight excluding hydrogens is 317 g/mol. The van der Waals surface area contributed by atoms with E-state index in [2.05, 4.69) is 21.2 Å². The molecule has 94 valence electrons. The Bertz CT molecular complexity index is 551. The van der Waals surface area contributed by atoms with Gasteiger partial charge in [-0.2, -0.15) is 0 Å². The van der Waals surface area contributed by atoms with Gasteiger partial charge in [0.2, 0.25) is 0 Å². The number of nitrogens with one attached hydrogen (secondary N) is 1. The lowest BCUT2D eigenvalue weighted by Crippen LogP contribution is -2.03. The van der Waals surface area contributed by atoms with E-state index < -0.39 is 0 Å². The van der Waals surface area contributed by atoms with Crippen LogP contribution in [0.3, 0.4) is 0 Å². The Morgan fingerprint density at radius 3 is 2.78 bits per heavy atom. The van der Waals surface area contributed by atoms with E-state index in [1.54, 1.807) is 12.1 Å². The molecular formula is C14H12BrClFN. The van der Waals surface area contributed by atoms with Gasteiger partial charge in [-0.3, -0.25) is 0 Å². The van der Waals surface area contributed by atoms with E-state index in [1.807, 2.05) is 25.1 Å². The van der Waals surface area contributed by atoms with Crippen LogP contribution in [-0.2, 0) is 6.54 Å². The summed E-state index contributed by atoms with van der Waals surface area (Å²) in [6.45, 7) is 2.36. The van der Waals surface area contributed by atoms with E-state index in [1.165, 1.54) is 6.07 Å². The minimum atomic E-state index is -0.293. The van der Waals surface area contributed by atoms with Crippen molar-refractivity contribution in [2.45, 2.75) is 13.5 Å². The van der Waals surface area contributed by atoms with E-state index in [0.29, 0.717) is 17.1 Å². The van der Waals surface area contributed by atoms with Crippen molar-refractivity contribution in [1.29, 1.82) is 0 Å². The SMILES string of the molecule is Cc1ccc(Br)c(NCc2c(F)cccc2Cl)c1. The van der Waals surface area contributed by atoms with Crippen LogP contribution in [0.4, 0.5) is 10.1 Å². The fourth-order valence-electron chi connectivity index (χ4n) is 1.66. The fraction of sp³-hybridized carbons (Fsp3) is 0.143. The topological polar surface area (TPSA) is 12.0 Å². The molecule has 0 spiro atoms. The third-order valence-corrected chi connectivity index (χ3v) is 3.68. The molecule has 0 fully saturated rings. The van der Waals surface area contributed by atoms with Gasteiger partial charge in [0, 0.05) is 27.3 Å². The van der Waals surface area contributed by atoms with E-state index in [4.69, 9.17) is 11.6 Å². The molecule has 18 heavy (non-hydrogen) atoms. The predicted molar refractivity (Wildman–Crippen MR) is 77.6 cm³/mol. The van der Waals surface area contributed by atoms with Crippen LogP contribution < -0.4 is 5.32 Å². The molecule has 0 aliphatic heterocycles. The molecule has 0 aliphatic carbocycles. The molecule has 0 saturated carbocycles. The van der Waals surface area contributed by atoms with Crippen molar-refractivity contribution in [2.75, 3.05) is 5.32 Å². The number of rotatable bonds is 3. The highest BCUT2D eigenvalue weighted by atomic mass is 79.9. The standard InChI is InChI=1S/C14H12BrClFN/c1-9-5-6-11(15)14(7-9)18-8-10-12(16)3-2-4-13(10)17/h2-7,18H,8H2,1H3. The van der Waals surface area contributed by atoms with Crippen molar-refractivity contribution in [2.24, 2.45) is 0 Å². The Morgan fingerprint density at radius 1 is 1.28 bits per heavy atom. The smallest absolute Gasteiger partial charge is 0.129 e. The summed E-state index contributed by atoms with van der Waals surface area (Å²) in [6, 6.07) is 10.7. The van der Waals surface area contributed by atoms with E-state index >= 15 is 0 Å². The largest absolute Gasteiger partial charge is 0.380 e. The van der Waals surface area contributed by atoms with Gasteiger partial charge in [-0.05, 0) is 52.7 Å². The van der Waals surface area contributed by atoms with Gasteiger partial charge < -0.3 is 5.32 Å². The van der Waals surface area contributed by atoms with Crippen molar-refractivity contribution >= 4 is 33.2 Å². The first kappa shape index (κ1) is 13.4. The number of hydrogen-bond acceptors (Lipinski definition) is 1. The Balaban J connectivity index is 2.19. The molecule has 2 aromatic carbocycles. The molecule has 0 bridgehead atoms. The summed E-state index contributed by atoms with van der Waals surface area (Å²) < 4.78 is 14.5. The number of halogens is 3. The number of anilines is 1. The van der Waals surface area contributed by atoms with Crippen LogP contribution in [0.15, 0.2) is 40.9 Å². The third kappa shape index (κ3) is 3.03. The van der Waals surface area contributed by atoms with Gasteiger partial charge in [0.15, 0.2) is 0 Å². The summed E-state index contributed by atoms with van der Waals surface area (Å²) in [4.78, 5) is 0. The average molecular weight is 329 g/mol. The Morgan fingerprint density at radius 2 is 2.06 bits per heavy atom. The van der Waals surface area contributed by atoms with Crippen molar-refractivity contribution in [3.8, 4) is 0 Å². The van der Waals surface area contributed by atoms with E-state index in [0.717, 1.165) is 15.7 Å². The summed E-state index contributed by atoms with van der Waals surface area (Å²) in [5, 5.41) is 3.62. The third-order valence-electron chi connectivity index (χ3n) is 2.64. The molecule has 2 aromatic rings. The maximum atomic E-state index is 13.6. The minimum absolute atomic E-state index is 0.293. The zero-order valence-electron chi connectivity index (χ0n) is 9.81. The quantitative estimate of drug-likeness (QED) is 0.820. The van der Waals surface area contributed by atoms with Gasteiger partial charge in [-0.1, -0.05) is 23.7 Å². The van der Waals surface area contributed by atoms with Gasteiger partial charge in [-0.25, -0.2) is 4.39 Å². The second-order valence-corrected chi connectivity index (χ2v) is 5.30. The maximum absolute atomic E-state index is 13.6. The van der Waals surface area contributed by atoms with Gasteiger partial charge in [-0.15, -0.1) is 0 Å². The van der Waals surface area contributed by atoms with Crippen molar-refractivity contribution in [3.05, 3.63) is 62.8 Å². The first-order valence-corrected chi connectivity index (χ1v) is 6.68. The number of aryl methyl sites for hydroxylation is 1. The number of hydrogen-bond donors (Lipinski definition) is 1. The Kier molecular flexibility index (Phi) is 4.25. The molecule has 0 unspecified atom stereocenters. The van der Waals surface area contributed by atoms with Gasteiger partial charge in [0.25, 0.3) is 0 Å². The second-order valence-electron chi connectivity index (χ2n) is 4.04. The van der Waals surface area contributed by atoms with E-state index in [-0.39, 0.29) is 5.82 Å². The summed E-state index contributed by atoms with van der Waals surface area (Å²) in [7, 11) is 0. The lowest BCUT2D eigenvalue weighted by Gasteiger charge is -2.11. The van der Waals surface area contributed by atoms with Gasteiger partial charge in [0.05, 0.1) is 0 Å². The molecule has 4 heteroatoms. The molecule has 0 amide bonds. The summed E-state index contributed by atoms with van der Waals surface area (Å²) >= 11 is 9.43. The zero-order valence-corrected chi connectivity index (χ0v) is 12.1. The zero-order chi connectivity index (χ0) is 13.1. The summed E-state index contributed by atoms with van der Waals surface area (Å²) in [5.41, 5.74) is 2.54. The molecule has 0 heterocycles. The van der Waals surface area contributed by atoms with Crippen molar-refractivity contribution in [1.82, 2.24) is 0 Å². The van der Waals surface area contributed by atoms with Gasteiger partial charge >= 0.3 is 0 Å². The van der Waals surface area contributed by atoms with Gasteiger partial charge in [0.1, 0.15) is 5.82 Å². The molecule has 1 nitrogen and oxygen atoms in total. The molecule has 0 aliphatic rings. The van der Waals surface area contributed by atoms with Crippen LogP contribution in [0.2, 0.25) is 5.02 Å². The fourth-order valence-corrected chi connectivity index (χ4v) is 2.28. The van der Waals surface area contributed by atoms with Crippen LogP contribution in [-0.4, -0.2) is 0 Å². The molecule has 0 atom stereocenters. The molecule has 0 aromatic heterocycles. The van der Waals surface area contributed by atoms with E-state index in [9.17, 15) is 4.39 Å². The van der Waals surface area contributed by atoms with Crippen LogP contribution in [0.25, 0.3) is 0 Å². The van der Waals surface area contributed by atoms with Crippen LogP contribution >= 0.6 is 27.5 Å². The highest BCUT2D eigenvalue weighted by molar-refractivity contribution is 9.10. The minimum Gasteiger partial charge on any atom is -0.380 e. The Hall–Kier alpha value is -1.06. The molecule has 2 rings (SSSR count). The van der Waals surface area contributed by atoms with Crippen LogP contribution in [0.5, 0.6) is 0 Å². The normalized spacial score (nSPS) is 10.4. The van der Waals surface area contributed by atoms with Crippen molar-refractivity contribution < 1.29 is 4.39 Å². The summed E-state index contributed by atoms with van der Waals surface area (Å²) in [6.07, 6.45) is 0. The first-order valence-electron chi connectivity index (χ1n) is 5.51. The lowest BCUT2D eigenvalue weighted by atomic mass is 10.2.